The fourth-order valence-corrected chi connectivity index (χ4v) is 1.17. The monoisotopic (exact) mass is 182 g/mol. The van der Waals surface area contributed by atoms with Crippen molar-refractivity contribution in [3.05, 3.63) is 17.0 Å². The predicted octanol–water partition coefficient (Wildman–Crippen LogP) is 1.42. The van der Waals surface area contributed by atoms with Gasteiger partial charge in [0.05, 0.1) is 0 Å². The minimum Gasteiger partial charge on any atom is -0.364 e. The van der Waals surface area contributed by atoms with Gasteiger partial charge in [0.25, 0.3) is 5.91 Å². The maximum atomic E-state index is 10.8. The first kappa shape index (κ1) is 9.77. The van der Waals surface area contributed by atoms with Gasteiger partial charge in [-0.05, 0) is 13.3 Å². The fraction of sp³-hybridized carbons (Fsp3) is 0.556. The summed E-state index contributed by atoms with van der Waals surface area (Å²) in [6.07, 6.45) is 2.95. The highest BCUT2D eigenvalue weighted by molar-refractivity contribution is 5.92. The van der Waals surface area contributed by atoms with E-state index < -0.39 is 5.91 Å². The van der Waals surface area contributed by atoms with Crippen molar-refractivity contribution in [2.45, 2.75) is 33.1 Å². The van der Waals surface area contributed by atoms with Gasteiger partial charge < -0.3 is 10.3 Å². The molecule has 0 fully saturated rings. The summed E-state index contributed by atoms with van der Waals surface area (Å²) in [7, 11) is 0. The molecule has 72 valence electrons. The number of aromatic nitrogens is 1. The Kier molecular flexibility index (Phi) is 3.06. The Bertz CT molecular complexity index is 305. The zero-order valence-corrected chi connectivity index (χ0v) is 7.96. The Hall–Kier alpha value is -1.32. The molecule has 1 rings (SSSR count). The number of carbonyl (C=O) groups excluding carboxylic acids is 1. The zero-order valence-electron chi connectivity index (χ0n) is 7.96. The summed E-state index contributed by atoms with van der Waals surface area (Å²) < 4.78 is 5.01. The zero-order chi connectivity index (χ0) is 9.84. The average Bonchev–Trinajstić information content (AvgIpc) is 2.43. The molecule has 1 amide bonds. The standard InChI is InChI=1S/C9H14N2O2/c1-3-4-5-7-6(2)8(9(10)12)11-13-7/h3-5H2,1-2H3,(H2,10,12). The molecular formula is C9H14N2O2. The van der Waals surface area contributed by atoms with Crippen LogP contribution in [0.2, 0.25) is 0 Å². The quantitative estimate of drug-likeness (QED) is 0.765. The number of primary amides is 1. The fourth-order valence-electron chi connectivity index (χ4n) is 1.17. The maximum Gasteiger partial charge on any atom is 0.271 e. The van der Waals surface area contributed by atoms with E-state index in [-0.39, 0.29) is 5.69 Å². The molecule has 2 N–H and O–H groups in total. The van der Waals surface area contributed by atoms with Crippen LogP contribution in [0.5, 0.6) is 0 Å². The first-order chi connectivity index (χ1) is 6.16. The molecule has 0 aliphatic rings. The van der Waals surface area contributed by atoms with Gasteiger partial charge in [-0.3, -0.25) is 4.79 Å². The van der Waals surface area contributed by atoms with E-state index in [1.54, 1.807) is 0 Å². The minimum atomic E-state index is -0.524. The third kappa shape index (κ3) is 2.08. The van der Waals surface area contributed by atoms with Crippen molar-refractivity contribution in [2.24, 2.45) is 5.73 Å². The van der Waals surface area contributed by atoms with E-state index in [0.717, 1.165) is 30.6 Å². The number of hydrogen-bond donors (Lipinski definition) is 1. The summed E-state index contributed by atoms with van der Waals surface area (Å²) in [4.78, 5) is 10.8. The van der Waals surface area contributed by atoms with Crippen molar-refractivity contribution in [1.29, 1.82) is 0 Å². The van der Waals surface area contributed by atoms with Crippen LogP contribution in [0.25, 0.3) is 0 Å². The van der Waals surface area contributed by atoms with Crippen LogP contribution in [-0.4, -0.2) is 11.1 Å². The number of amides is 1. The van der Waals surface area contributed by atoms with Crippen LogP contribution in [0.15, 0.2) is 4.52 Å². The van der Waals surface area contributed by atoms with Crippen LogP contribution in [-0.2, 0) is 6.42 Å². The molecule has 0 radical (unpaired) electrons. The lowest BCUT2D eigenvalue weighted by atomic mass is 10.1. The molecular weight excluding hydrogens is 168 g/mol. The lowest BCUT2D eigenvalue weighted by Crippen LogP contribution is -2.12. The molecule has 13 heavy (non-hydrogen) atoms. The van der Waals surface area contributed by atoms with Gasteiger partial charge in [0, 0.05) is 12.0 Å². The summed E-state index contributed by atoms with van der Waals surface area (Å²) >= 11 is 0. The molecule has 4 nitrogen and oxygen atoms in total. The maximum absolute atomic E-state index is 10.8. The second-order valence-electron chi connectivity index (χ2n) is 3.05. The predicted molar refractivity (Wildman–Crippen MR) is 48.4 cm³/mol. The van der Waals surface area contributed by atoms with Gasteiger partial charge in [0.15, 0.2) is 5.69 Å². The molecule has 0 bridgehead atoms. The van der Waals surface area contributed by atoms with Crippen molar-refractivity contribution in [3.8, 4) is 0 Å². The van der Waals surface area contributed by atoms with Crippen molar-refractivity contribution in [3.63, 3.8) is 0 Å². The van der Waals surface area contributed by atoms with Gasteiger partial charge >= 0.3 is 0 Å². The number of carbonyl (C=O) groups is 1. The summed E-state index contributed by atoms with van der Waals surface area (Å²) in [6.45, 7) is 3.91. The number of nitrogens with two attached hydrogens (primary N) is 1. The van der Waals surface area contributed by atoms with E-state index in [1.807, 2.05) is 6.92 Å². The van der Waals surface area contributed by atoms with E-state index in [4.69, 9.17) is 10.3 Å². The largest absolute Gasteiger partial charge is 0.364 e. The Morgan fingerprint density at radius 1 is 1.62 bits per heavy atom. The van der Waals surface area contributed by atoms with E-state index in [0.29, 0.717) is 0 Å². The summed E-state index contributed by atoms with van der Waals surface area (Å²) in [5, 5.41) is 3.62. The van der Waals surface area contributed by atoms with Crippen molar-refractivity contribution >= 4 is 5.91 Å². The molecule has 0 aliphatic heterocycles. The average molecular weight is 182 g/mol. The Morgan fingerprint density at radius 2 is 2.31 bits per heavy atom. The van der Waals surface area contributed by atoms with Crippen molar-refractivity contribution < 1.29 is 9.32 Å². The number of aryl methyl sites for hydroxylation is 1. The van der Waals surface area contributed by atoms with E-state index >= 15 is 0 Å². The van der Waals surface area contributed by atoms with Crippen molar-refractivity contribution in [2.75, 3.05) is 0 Å². The van der Waals surface area contributed by atoms with Crippen LogP contribution in [0.4, 0.5) is 0 Å². The van der Waals surface area contributed by atoms with Crippen LogP contribution in [0.3, 0.4) is 0 Å². The van der Waals surface area contributed by atoms with Crippen LogP contribution < -0.4 is 5.73 Å². The highest BCUT2D eigenvalue weighted by atomic mass is 16.5. The lowest BCUT2D eigenvalue weighted by molar-refractivity contribution is 0.0991. The van der Waals surface area contributed by atoms with E-state index in [9.17, 15) is 4.79 Å². The third-order valence-electron chi connectivity index (χ3n) is 2.01. The first-order valence-electron chi connectivity index (χ1n) is 4.41. The van der Waals surface area contributed by atoms with Gasteiger partial charge in [-0.2, -0.15) is 0 Å². The molecule has 0 saturated heterocycles. The smallest absolute Gasteiger partial charge is 0.271 e. The van der Waals surface area contributed by atoms with Gasteiger partial charge in [0.1, 0.15) is 5.76 Å². The molecule has 1 aromatic rings. The molecule has 1 aromatic heterocycles. The number of nitrogens with zero attached hydrogens (tertiary/aromatic N) is 1. The van der Waals surface area contributed by atoms with Crippen LogP contribution in [0.1, 0.15) is 41.6 Å². The number of hydrogen-bond acceptors (Lipinski definition) is 3. The molecule has 0 atom stereocenters. The second kappa shape index (κ2) is 4.07. The molecule has 0 aromatic carbocycles. The van der Waals surface area contributed by atoms with Crippen LogP contribution in [0, 0.1) is 6.92 Å². The van der Waals surface area contributed by atoms with Crippen LogP contribution >= 0.6 is 0 Å². The molecule has 0 spiro atoms. The van der Waals surface area contributed by atoms with Gasteiger partial charge in [0.2, 0.25) is 0 Å². The molecule has 0 saturated carbocycles. The van der Waals surface area contributed by atoms with E-state index in [1.165, 1.54) is 0 Å². The Labute approximate surface area is 77.1 Å². The van der Waals surface area contributed by atoms with Crippen molar-refractivity contribution in [1.82, 2.24) is 5.16 Å². The number of rotatable bonds is 4. The normalized spacial score (nSPS) is 10.3. The first-order valence-corrected chi connectivity index (χ1v) is 4.41. The van der Waals surface area contributed by atoms with E-state index in [2.05, 4.69) is 12.1 Å². The molecule has 0 unspecified atom stereocenters. The highest BCUT2D eigenvalue weighted by Crippen LogP contribution is 2.14. The Balaban J connectivity index is 2.80. The molecule has 1 heterocycles. The topological polar surface area (TPSA) is 69.1 Å². The van der Waals surface area contributed by atoms with Gasteiger partial charge in [-0.1, -0.05) is 18.5 Å². The second-order valence-corrected chi connectivity index (χ2v) is 3.05. The third-order valence-corrected chi connectivity index (χ3v) is 2.01. The highest BCUT2D eigenvalue weighted by Gasteiger charge is 2.14. The Morgan fingerprint density at radius 3 is 2.77 bits per heavy atom. The SMILES string of the molecule is CCCCc1onc(C(N)=O)c1C. The summed E-state index contributed by atoms with van der Waals surface area (Å²) in [6, 6.07) is 0. The van der Waals surface area contributed by atoms with Gasteiger partial charge in [-0.25, -0.2) is 0 Å². The summed E-state index contributed by atoms with van der Waals surface area (Å²) in [5.74, 6) is 0.250. The summed E-state index contributed by atoms with van der Waals surface area (Å²) in [5.41, 5.74) is 6.13. The molecule has 0 aliphatic carbocycles. The lowest BCUT2D eigenvalue weighted by Gasteiger charge is -1.93. The minimum absolute atomic E-state index is 0.256. The number of unbranched alkanes of at least 4 members (excludes halogenated alkanes) is 1. The molecule has 4 heteroatoms. The van der Waals surface area contributed by atoms with Gasteiger partial charge in [-0.15, -0.1) is 0 Å².